The number of rotatable bonds is 3. The van der Waals surface area contributed by atoms with Gasteiger partial charge in [0.05, 0.1) is 0 Å². The highest BCUT2D eigenvalue weighted by Gasteiger charge is 2.04. The number of alkyl halides is 2. The van der Waals surface area contributed by atoms with E-state index in [9.17, 15) is 8.78 Å². The van der Waals surface area contributed by atoms with Crippen molar-refractivity contribution in [3.8, 4) is 0 Å². The minimum Gasteiger partial charge on any atom is -0.388 e. The van der Waals surface area contributed by atoms with Crippen molar-refractivity contribution in [1.29, 1.82) is 0 Å². The predicted molar refractivity (Wildman–Crippen MR) is 47.8 cm³/mol. The van der Waals surface area contributed by atoms with Crippen molar-refractivity contribution < 1.29 is 8.78 Å². The van der Waals surface area contributed by atoms with Crippen molar-refractivity contribution >= 4 is 17.4 Å². The lowest BCUT2D eigenvalue weighted by Gasteiger charge is -2.02. The van der Waals surface area contributed by atoms with E-state index in [4.69, 9.17) is 0 Å². The van der Waals surface area contributed by atoms with E-state index in [2.05, 4.69) is 5.32 Å². The van der Waals surface area contributed by atoms with Gasteiger partial charge in [0.2, 0.25) is 0 Å². The molecule has 0 heterocycles. The molecule has 0 saturated carbocycles. The summed E-state index contributed by atoms with van der Waals surface area (Å²) in [5.74, 6) is -2.35. The molecule has 1 N–H and O–H groups in total. The SMILES string of the molecule is CNc1cccc(SC(F)F)c1. The average Bonchev–Trinajstić information content (AvgIpc) is 2.03. The van der Waals surface area contributed by atoms with Crippen LogP contribution in [0.4, 0.5) is 14.5 Å². The number of benzene rings is 1. The average molecular weight is 189 g/mol. The Kier molecular flexibility index (Phi) is 3.34. The molecule has 12 heavy (non-hydrogen) atoms. The van der Waals surface area contributed by atoms with Gasteiger partial charge in [-0.1, -0.05) is 17.8 Å². The first kappa shape index (κ1) is 9.32. The van der Waals surface area contributed by atoms with Crippen molar-refractivity contribution in [3.05, 3.63) is 24.3 Å². The molecule has 66 valence electrons. The standard InChI is InChI=1S/C8H9F2NS/c1-11-6-3-2-4-7(5-6)12-8(9)10/h2-5,8,11H,1H3. The Bertz CT molecular complexity index is 253. The first-order valence-electron chi connectivity index (χ1n) is 3.45. The fourth-order valence-corrected chi connectivity index (χ4v) is 1.39. The maximum Gasteiger partial charge on any atom is 0.288 e. The van der Waals surface area contributed by atoms with E-state index in [0.717, 1.165) is 5.69 Å². The molecule has 1 rings (SSSR count). The van der Waals surface area contributed by atoms with Crippen LogP contribution in [0, 0.1) is 0 Å². The Balaban J connectivity index is 2.72. The number of anilines is 1. The van der Waals surface area contributed by atoms with Gasteiger partial charge in [0, 0.05) is 17.6 Å². The van der Waals surface area contributed by atoms with Gasteiger partial charge in [-0.15, -0.1) is 0 Å². The zero-order valence-electron chi connectivity index (χ0n) is 6.55. The first-order valence-corrected chi connectivity index (χ1v) is 4.33. The molecule has 4 heteroatoms. The molecule has 0 bridgehead atoms. The second-order valence-corrected chi connectivity index (χ2v) is 3.22. The predicted octanol–water partition coefficient (Wildman–Crippen LogP) is 3.04. The second kappa shape index (κ2) is 4.30. The molecule has 1 aromatic carbocycles. The van der Waals surface area contributed by atoms with Gasteiger partial charge in [-0.2, -0.15) is 8.78 Å². The molecule has 0 aliphatic rings. The van der Waals surface area contributed by atoms with Gasteiger partial charge in [0.1, 0.15) is 0 Å². The summed E-state index contributed by atoms with van der Waals surface area (Å²) >= 11 is 0.555. The van der Waals surface area contributed by atoms with Crippen LogP contribution in [0.25, 0.3) is 0 Å². The molecule has 0 aromatic heterocycles. The zero-order valence-corrected chi connectivity index (χ0v) is 7.37. The fraction of sp³-hybridized carbons (Fsp3) is 0.250. The van der Waals surface area contributed by atoms with E-state index in [0.29, 0.717) is 16.7 Å². The highest BCUT2D eigenvalue weighted by atomic mass is 32.2. The Hall–Kier alpha value is -0.770. The maximum atomic E-state index is 11.9. The molecule has 0 unspecified atom stereocenters. The van der Waals surface area contributed by atoms with E-state index in [1.54, 1.807) is 25.2 Å². The van der Waals surface area contributed by atoms with Crippen LogP contribution in [0.2, 0.25) is 0 Å². The fourth-order valence-electron chi connectivity index (χ4n) is 0.828. The van der Waals surface area contributed by atoms with E-state index >= 15 is 0 Å². The van der Waals surface area contributed by atoms with E-state index in [1.807, 2.05) is 6.07 Å². The topological polar surface area (TPSA) is 12.0 Å². The summed E-state index contributed by atoms with van der Waals surface area (Å²) in [7, 11) is 1.76. The van der Waals surface area contributed by atoms with E-state index in [1.165, 1.54) is 0 Å². The van der Waals surface area contributed by atoms with Crippen molar-refractivity contribution in [2.75, 3.05) is 12.4 Å². The van der Waals surface area contributed by atoms with Crippen LogP contribution in [0.3, 0.4) is 0 Å². The molecule has 1 nitrogen and oxygen atoms in total. The maximum absolute atomic E-state index is 11.9. The third kappa shape index (κ3) is 2.70. The quantitative estimate of drug-likeness (QED) is 0.733. The van der Waals surface area contributed by atoms with Gasteiger partial charge >= 0.3 is 0 Å². The second-order valence-electron chi connectivity index (χ2n) is 2.16. The van der Waals surface area contributed by atoms with Gasteiger partial charge in [-0.05, 0) is 18.2 Å². The Morgan fingerprint density at radius 1 is 1.42 bits per heavy atom. The Labute approximate surface area is 74.2 Å². The molecule has 0 aliphatic carbocycles. The zero-order chi connectivity index (χ0) is 8.97. The summed E-state index contributed by atoms with van der Waals surface area (Å²) in [5.41, 5.74) is 0.848. The molecular formula is C8H9F2NS. The summed E-state index contributed by atoms with van der Waals surface area (Å²) in [4.78, 5) is 0.580. The van der Waals surface area contributed by atoms with Crippen LogP contribution in [0.15, 0.2) is 29.2 Å². The lowest BCUT2D eigenvalue weighted by Crippen LogP contribution is -1.88. The highest BCUT2D eigenvalue weighted by molar-refractivity contribution is 7.99. The van der Waals surface area contributed by atoms with E-state index in [-0.39, 0.29) is 0 Å². The van der Waals surface area contributed by atoms with Gasteiger partial charge in [-0.3, -0.25) is 0 Å². The first-order chi connectivity index (χ1) is 5.72. The van der Waals surface area contributed by atoms with Crippen molar-refractivity contribution in [2.24, 2.45) is 0 Å². The number of hydrogen-bond donors (Lipinski definition) is 1. The van der Waals surface area contributed by atoms with Crippen LogP contribution < -0.4 is 5.32 Å². The lowest BCUT2D eigenvalue weighted by atomic mass is 10.3. The number of thioether (sulfide) groups is 1. The largest absolute Gasteiger partial charge is 0.388 e. The minimum atomic E-state index is -2.35. The van der Waals surface area contributed by atoms with Gasteiger partial charge in [0.15, 0.2) is 0 Å². The van der Waals surface area contributed by atoms with Crippen LogP contribution in [0.1, 0.15) is 0 Å². The smallest absolute Gasteiger partial charge is 0.288 e. The molecule has 0 amide bonds. The summed E-state index contributed by atoms with van der Waals surface area (Å²) in [6.45, 7) is 0. The van der Waals surface area contributed by atoms with Crippen molar-refractivity contribution in [3.63, 3.8) is 0 Å². The van der Waals surface area contributed by atoms with E-state index < -0.39 is 5.76 Å². The number of nitrogens with one attached hydrogen (secondary N) is 1. The molecule has 1 aromatic rings. The van der Waals surface area contributed by atoms with Crippen molar-refractivity contribution in [2.45, 2.75) is 10.7 Å². The minimum absolute atomic E-state index is 0.555. The summed E-state index contributed by atoms with van der Waals surface area (Å²) < 4.78 is 23.8. The lowest BCUT2D eigenvalue weighted by molar-refractivity contribution is 0.252. The third-order valence-electron chi connectivity index (χ3n) is 1.35. The number of hydrogen-bond acceptors (Lipinski definition) is 2. The molecular weight excluding hydrogens is 180 g/mol. The van der Waals surface area contributed by atoms with Crippen LogP contribution in [0.5, 0.6) is 0 Å². The van der Waals surface area contributed by atoms with Crippen LogP contribution in [-0.2, 0) is 0 Å². The van der Waals surface area contributed by atoms with Crippen molar-refractivity contribution in [1.82, 2.24) is 0 Å². The Morgan fingerprint density at radius 2 is 2.17 bits per heavy atom. The highest BCUT2D eigenvalue weighted by Crippen LogP contribution is 2.26. The molecule has 0 saturated heterocycles. The van der Waals surface area contributed by atoms with Crippen LogP contribution in [-0.4, -0.2) is 12.8 Å². The molecule has 0 atom stereocenters. The molecule has 0 radical (unpaired) electrons. The normalized spacial score (nSPS) is 10.3. The molecule has 0 fully saturated rings. The third-order valence-corrected chi connectivity index (χ3v) is 2.05. The number of halogens is 2. The summed E-state index contributed by atoms with van der Waals surface area (Å²) in [6.07, 6.45) is 0. The molecule has 0 spiro atoms. The van der Waals surface area contributed by atoms with Gasteiger partial charge in [0.25, 0.3) is 5.76 Å². The molecule has 0 aliphatic heterocycles. The Morgan fingerprint density at radius 3 is 2.75 bits per heavy atom. The van der Waals surface area contributed by atoms with Crippen LogP contribution >= 0.6 is 11.8 Å². The van der Waals surface area contributed by atoms with Gasteiger partial charge < -0.3 is 5.32 Å². The monoisotopic (exact) mass is 189 g/mol. The summed E-state index contributed by atoms with van der Waals surface area (Å²) in [6, 6.07) is 6.93. The van der Waals surface area contributed by atoms with Gasteiger partial charge in [-0.25, -0.2) is 0 Å². The summed E-state index contributed by atoms with van der Waals surface area (Å²) in [5, 5.41) is 2.88.